The van der Waals surface area contributed by atoms with Gasteiger partial charge in [-0.05, 0) is 67.7 Å². The minimum absolute atomic E-state index is 0.0668. The van der Waals surface area contributed by atoms with Gasteiger partial charge < -0.3 is 9.64 Å². The number of morpholine rings is 1. The lowest BCUT2D eigenvalue weighted by Crippen LogP contribution is -2.37. The Morgan fingerprint density at radius 3 is 2.29 bits per heavy atom. The second-order valence-electron chi connectivity index (χ2n) is 9.30. The molecule has 0 aliphatic carbocycles. The molecule has 0 radical (unpaired) electrons. The zero-order valence-electron chi connectivity index (χ0n) is 20.5. The fourth-order valence-corrected chi connectivity index (χ4v) is 4.80. The van der Waals surface area contributed by atoms with Crippen molar-refractivity contribution in [2.75, 3.05) is 45.3 Å². The zero-order chi connectivity index (χ0) is 23.8. The van der Waals surface area contributed by atoms with Gasteiger partial charge in [-0.3, -0.25) is 9.69 Å². The van der Waals surface area contributed by atoms with Crippen LogP contribution in [0.3, 0.4) is 0 Å². The molecule has 1 aliphatic rings. The van der Waals surface area contributed by atoms with Gasteiger partial charge in [-0.25, -0.2) is 0 Å². The van der Waals surface area contributed by atoms with Crippen LogP contribution in [0.25, 0.3) is 11.1 Å². The van der Waals surface area contributed by atoms with Crippen molar-refractivity contribution in [2.45, 2.75) is 31.7 Å². The third-order valence-electron chi connectivity index (χ3n) is 6.71. The SMILES string of the molecule is CN(C)C(CCCc1ccccc1-c1ccccc1)C(=O)Cc1ccc(N2CCOCC2)cc1. The molecular weight excluding hydrogens is 420 g/mol. The van der Waals surface area contributed by atoms with E-state index in [4.69, 9.17) is 4.74 Å². The molecule has 0 amide bonds. The van der Waals surface area contributed by atoms with E-state index >= 15 is 0 Å². The van der Waals surface area contributed by atoms with Crippen LogP contribution >= 0.6 is 0 Å². The molecule has 4 nitrogen and oxygen atoms in total. The van der Waals surface area contributed by atoms with E-state index in [2.05, 4.69) is 88.7 Å². The fraction of sp³-hybridized carbons (Fsp3) is 0.367. The van der Waals surface area contributed by atoms with Crippen LogP contribution in [0.1, 0.15) is 24.0 Å². The van der Waals surface area contributed by atoms with Crippen LogP contribution in [0, 0.1) is 0 Å². The number of ether oxygens (including phenoxy) is 1. The summed E-state index contributed by atoms with van der Waals surface area (Å²) >= 11 is 0. The number of aryl methyl sites for hydroxylation is 1. The van der Waals surface area contributed by atoms with E-state index in [0.717, 1.165) is 51.1 Å². The van der Waals surface area contributed by atoms with Crippen LogP contribution in [0.5, 0.6) is 0 Å². The van der Waals surface area contributed by atoms with E-state index in [9.17, 15) is 4.79 Å². The van der Waals surface area contributed by atoms with Crippen LogP contribution in [0.15, 0.2) is 78.9 Å². The van der Waals surface area contributed by atoms with Gasteiger partial charge >= 0.3 is 0 Å². The van der Waals surface area contributed by atoms with Crippen molar-refractivity contribution < 1.29 is 9.53 Å². The summed E-state index contributed by atoms with van der Waals surface area (Å²) in [5.74, 6) is 0.292. The minimum atomic E-state index is -0.0668. The molecule has 0 saturated carbocycles. The van der Waals surface area contributed by atoms with Gasteiger partial charge in [0.2, 0.25) is 0 Å². The Morgan fingerprint density at radius 2 is 1.59 bits per heavy atom. The highest BCUT2D eigenvalue weighted by Crippen LogP contribution is 2.25. The largest absolute Gasteiger partial charge is 0.378 e. The van der Waals surface area contributed by atoms with Crippen molar-refractivity contribution in [3.63, 3.8) is 0 Å². The summed E-state index contributed by atoms with van der Waals surface area (Å²) in [6, 6.07) is 27.6. The first-order valence-corrected chi connectivity index (χ1v) is 12.4. The summed E-state index contributed by atoms with van der Waals surface area (Å²) in [5, 5.41) is 0. The highest BCUT2D eigenvalue weighted by atomic mass is 16.5. The number of rotatable bonds is 10. The lowest BCUT2D eigenvalue weighted by Gasteiger charge is -2.29. The molecule has 1 unspecified atom stereocenters. The molecular formula is C30H36N2O2. The molecule has 178 valence electrons. The van der Waals surface area contributed by atoms with E-state index in [1.165, 1.54) is 22.4 Å². The molecule has 0 bridgehead atoms. The van der Waals surface area contributed by atoms with Gasteiger partial charge in [-0.1, -0.05) is 66.7 Å². The molecule has 4 rings (SSSR count). The maximum absolute atomic E-state index is 13.2. The second-order valence-corrected chi connectivity index (χ2v) is 9.30. The summed E-state index contributed by atoms with van der Waals surface area (Å²) in [6.07, 6.45) is 3.29. The van der Waals surface area contributed by atoms with Crippen molar-refractivity contribution in [2.24, 2.45) is 0 Å². The molecule has 3 aromatic carbocycles. The minimum Gasteiger partial charge on any atom is -0.378 e. The number of nitrogens with zero attached hydrogens (tertiary/aromatic N) is 2. The van der Waals surface area contributed by atoms with Crippen LogP contribution in [0.4, 0.5) is 5.69 Å². The number of Topliss-reactive ketones (excluding diaryl/α,β-unsaturated/α-hetero) is 1. The summed E-state index contributed by atoms with van der Waals surface area (Å²) in [5.41, 5.74) is 6.18. The van der Waals surface area contributed by atoms with Crippen LogP contribution in [-0.4, -0.2) is 57.1 Å². The smallest absolute Gasteiger partial charge is 0.154 e. The van der Waals surface area contributed by atoms with E-state index in [1.807, 2.05) is 14.1 Å². The topological polar surface area (TPSA) is 32.8 Å². The maximum Gasteiger partial charge on any atom is 0.154 e. The number of ketones is 1. The fourth-order valence-electron chi connectivity index (χ4n) is 4.80. The van der Waals surface area contributed by atoms with Crippen LogP contribution in [0.2, 0.25) is 0 Å². The second kappa shape index (κ2) is 12.0. The number of carbonyl (C=O) groups is 1. The molecule has 1 fully saturated rings. The van der Waals surface area contributed by atoms with Crippen molar-refractivity contribution in [1.82, 2.24) is 4.90 Å². The number of hydrogen-bond donors (Lipinski definition) is 0. The Morgan fingerprint density at radius 1 is 0.912 bits per heavy atom. The highest BCUT2D eigenvalue weighted by molar-refractivity contribution is 5.86. The first kappa shape index (κ1) is 24.2. The summed E-state index contributed by atoms with van der Waals surface area (Å²) in [6.45, 7) is 3.41. The van der Waals surface area contributed by atoms with E-state index in [0.29, 0.717) is 12.2 Å². The van der Waals surface area contributed by atoms with Crippen molar-refractivity contribution in [1.29, 1.82) is 0 Å². The molecule has 1 heterocycles. The number of anilines is 1. The predicted molar refractivity (Wildman–Crippen MR) is 140 cm³/mol. The van der Waals surface area contributed by atoms with Gasteiger partial charge in [0.25, 0.3) is 0 Å². The quantitative estimate of drug-likeness (QED) is 0.417. The molecule has 1 aliphatic heterocycles. The first-order valence-electron chi connectivity index (χ1n) is 12.4. The molecule has 0 spiro atoms. The third kappa shape index (κ3) is 6.34. The van der Waals surface area contributed by atoms with Crippen molar-refractivity contribution in [3.05, 3.63) is 90.0 Å². The van der Waals surface area contributed by atoms with Crippen molar-refractivity contribution in [3.8, 4) is 11.1 Å². The Hall–Kier alpha value is -2.95. The van der Waals surface area contributed by atoms with Gasteiger partial charge in [0, 0.05) is 25.2 Å². The molecule has 1 saturated heterocycles. The average molecular weight is 457 g/mol. The number of carbonyl (C=O) groups excluding carboxylic acids is 1. The molecule has 4 heteroatoms. The molecule has 0 aromatic heterocycles. The predicted octanol–water partition coefficient (Wildman–Crippen LogP) is 5.25. The van der Waals surface area contributed by atoms with Gasteiger partial charge in [0.15, 0.2) is 5.78 Å². The summed E-state index contributed by atoms with van der Waals surface area (Å²) in [4.78, 5) is 17.6. The normalized spacial score (nSPS) is 14.9. The van der Waals surface area contributed by atoms with Crippen molar-refractivity contribution >= 4 is 11.5 Å². The molecule has 34 heavy (non-hydrogen) atoms. The summed E-state index contributed by atoms with van der Waals surface area (Å²) in [7, 11) is 4.03. The lowest BCUT2D eigenvalue weighted by molar-refractivity contribution is -0.123. The molecule has 3 aromatic rings. The van der Waals surface area contributed by atoms with Gasteiger partial charge in [-0.2, -0.15) is 0 Å². The van der Waals surface area contributed by atoms with E-state index in [1.54, 1.807) is 0 Å². The number of benzene rings is 3. The first-order chi connectivity index (χ1) is 16.6. The van der Waals surface area contributed by atoms with Crippen LogP contribution < -0.4 is 4.90 Å². The third-order valence-corrected chi connectivity index (χ3v) is 6.71. The monoisotopic (exact) mass is 456 g/mol. The Labute approximate surface area is 204 Å². The standard InChI is InChI=1S/C30H36N2O2/c1-31(2)29(14-8-12-26-11-6-7-13-28(26)25-9-4-3-5-10-25)30(33)23-24-15-17-27(18-16-24)32-19-21-34-22-20-32/h3-7,9-11,13,15-18,29H,8,12,14,19-23H2,1-2H3. The highest BCUT2D eigenvalue weighted by Gasteiger charge is 2.21. The maximum atomic E-state index is 13.2. The Balaban J connectivity index is 1.34. The molecule has 1 atom stereocenters. The van der Waals surface area contributed by atoms with E-state index < -0.39 is 0 Å². The summed E-state index contributed by atoms with van der Waals surface area (Å²) < 4.78 is 5.44. The number of hydrogen-bond acceptors (Lipinski definition) is 4. The van der Waals surface area contributed by atoms with E-state index in [-0.39, 0.29) is 6.04 Å². The lowest BCUT2D eigenvalue weighted by atomic mass is 9.93. The zero-order valence-corrected chi connectivity index (χ0v) is 20.5. The Kier molecular flexibility index (Phi) is 8.51. The van der Waals surface area contributed by atoms with Crippen LogP contribution in [-0.2, 0) is 22.4 Å². The number of likely N-dealkylation sites (N-methyl/N-ethyl adjacent to an activating group) is 1. The molecule has 0 N–H and O–H groups in total. The van der Waals surface area contributed by atoms with Gasteiger partial charge in [0.1, 0.15) is 0 Å². The van der Waals surface area contributed by atoms with Gasteiger partial charge in [-0.15, -0.1) is 0 Å². The van der Waals surface area contributed by atoms with Gasteiger partial charge in [0.05, 0.1) is 19.3 Å². The average Bonchev–Trinajstić information content (AvgIpc) is 2.88. The Bertz CT molecular complexity index is 1040.